The van der Waals surface area contributed by atoms with Crippen LogP contribution < -0.4 is 20.9 Å². The largest absolute Gasteiger partial charge is 0.488 e. The molecular weight excluding hydrogens is 487 g/mol. The molecule has 0 saturated carbocycles. The van der Waals surface area contributed by atoms with Crippen LogP contribution in [0.1, 0.15) is 16.7 Å². The predicted molar refractivity (Wildman–Crippen MR) is 139 cm³/mol. The molecule has 6 nitrogen and oxygen atoms in total. The van der Waals surface area contributed by atoms with Crippen molar-refractivity contribution in [1.82, 2.24) is 0 Å². The van der Waals surface area contributed by atoms with Crippen LogP contribution in [0.25, 0.3) is 10.8 Å². The summed E-state index contributed by atoms with van der Waals surface area (Å²) < 4.78 is 12.0. The Labute approximate surface area is 213 Å². The Morgan fingerprint density at radius 1 is 0.857 bits per heavy atom. The van der Waals surface area contributed by atoms with Crippen molar-refractivity contribution in [2.75, 3.05) is 5.73 Å². The van der Waals surface area contributed by atoms with Crippen molar-refractivity contribution >= 4 is 45.6 Å². The number of halogens is 2. The number of rotatable bonds is 9. The fourth-order valence-corrected chi connectivity index (χ4v) is 4.34. The summed E-state index contributed by atoms with van der Waals surface area (Å²) in [5.74, 6) is -0.192. The van der Waals surface area contributed by atoms with Gasteiger partial charge in [-0.3, -0.25) is 4.79 Å². The number of carbonyl (C=O) groups is 1. The monoisotopic (exact) mass is 510 g/mol. The number of nitrogen functional groups attached to an aromatic ring is 1. The van der Waals surface area contributed by atoms with Gasteiger partial charge in [0.25, 0.3) is 0 Å². The number of hydrogen-bond donors (Lipinski definition) is 3. The van der Waals surface area contributed by atoms with Crippen molar-refractivity contribution in [3.8, 4) is 11.5 Å². The van der Waals surface area contributed by atoms with E-state index in [1.165, 1.54) is 5.39 Å². The molecule has 0 amide bonds. The first-order valence-electron chi connectivity index (χ1n) is 10.9. The van der Waals surface area contributed by atoms with Gasteiger partial charge in [0.2, 0.25) is 0 Å². The molecular formula is C27H24Cl2N2O4. The minimum absolute atomic E-state index is 0.0943. The number of anilines is 1. The van der Waals surface area contributed by atoms with Crippen molar-refractivity contribution in [1.29, 1.82) is 0 Å². The second kappa shape index (κ2) is 10.9. The summed E-state index contributed by atoms with van der Waals surface area (Å²) in [4.78, 5) is 11.0. The molecule has 0 fully saturated rings. The lowest BCUT2D eigenvalue weighted by atomic mass is 10.1. The van der Waals surface area contributed by atoms with Crippen molar-refractivity contribution in [3.63, 3.8) is 0 Å². The van der Waals surface area contributed by atoms with Gasteiger partial charge in [-0.2, -0.15) is 0 Å². The summed E-state index contributed by atoms with van der Waals surface area (Å²) in [5.41, 5.74) is 14.5. The van der Waals surface area contributed by atoms with E-state index in [2.05, 4.69) is 24.3 Å². The molecule has 0 aliphatic heterocycles. The van der Waals surface area contributed by atoms with E-state index in [-0.39, 0.29) is 28.8 Å². The Kier molecular flexibility index (Phi) is 7.66. The van der Waals surface area contributed by atoms with E-state index in [4.69, 9.17) is 49.2 Å². The highest BCUT2D eigenvalue weighted by Gasteiger charge is 2.16. The minimum atomic E-state index is -1.10. The smallest absolute Gasteiger partial charge is 0.320 e. The second-order valence-electron chi connectivity index (χ2n) is 8.16. The fraction of sp³-hybridized carbons (Fsp3) is 0.148. The van der Waals surface area contributed by atoms with E-state index < -0.39 is 12.0 Å². The van der Waals surface area contributed by atoms with Gasteiger partial charge in [0.1, 0.15) is 25.0 Å². The van der Waals surface area contributed by atoms with Gasteiger partial charge in [-0.1, -0.05) is 59.6 Å². The third kappa shape index (κ3) is 6.17. The van der Waals surface area contributed by atoms with Crippen molar-refractivity contribution < 1.29 is 19.4 Å². The van der Waals surface area contributed by atoms with Crippen LogP contribution in [0.2, 0.25) is 10.0 Å². The highest BCUT2D eigenvalue weighted by Crippen LogP contribution is 2.36. The van der Waals surface area contributed by atoms with Crippen molar-refractivity contribution in [2.24, 2.45) is 5.73 Å². The van der Waals surface area contributed by atoms with Gasteiger partial charge < -0.3 is 26.0 Å². The Morgan fingerprint density at radius 2 is 1.57 bits per heavy atom. The molecule has 0 aliphatic rings. The SMILES string of the molecule is Nc1ccc(OCc2ccc3ccccc3c2)c(COc2c(Cl)cc(C[C@H](N)C(=O)O)cc2Cl)c1. The summed E-state index contributed by atoms with van der Waals surface area (Å²) >= 11 is 12.7. The van der Waals surface area contributed by atoms with Gasteiger partial charge in [-0.05, 0) is 64.7 Å². The maximum Gasteiger partial charge on any atom is 0.320 e. The lowest BCUT2D eigenvalue weighted by Gasteiger charge is -2.16. The molecule has 0 bridgehead atoms. The average Bonchev–Trinajstić information content (AvgIpc) is 2.82. The zero-order chi connectivity index (χ0) is 24.9. The third-order valence-electron chi connectivity index (χ3n) is 5.50. The van der Waals surface area contributed by atoms with Crippen LogP contribution >= 0.6 is 23.2 Å². The molecule has 4 aromatic rings. The molecule has 35 heavy (non-hydrogen) atoms. The molecule has 0 radical (unpaired) electrons. The Morgan fingerprint density at radius 3 is 2.29 bits per heavy atom. The third-order valence-corrected chi connectivity index (χ3v) is 6.06. The van der Waals surface area contributed by atoms with Gasteiger partial charge in [0, 0.05) is 11.3 Å². The summed E-state index contributed by atoms with van der Waals surface area (Å²) in [6.07, 6.45) is 0.0943. The molecule has 180 valence electrons. The number of ether oxygens (including phenoxy) is 2. The molecule has 4 aromatic carbocycles. The lowest BCUT2D eigenvalue weighted by molar-refractivity contribution is -0.138. The molecule has 1 atom stereocenters. The summed E-state index contributed by atoms with van der Waals surface area (Å²) in [5, 5.41) is 11.8. The molecule has 0 aromatic heterocycles. The van der Waals surface area contributed by atoms with E-state index >= 15 is 0 Å². The quantitative estimate of drug-likeness (QED) is 0.244. The lowest BCUT2D eigenvalue weighted by Crippen LogP contribution is -2.32. The standard InChI is InChI=1S/C27H24Cl2N2O4/c28-22-10-17(12-24(31)27(32)33)11-23(29)26(22)35-15-20-13-21(30)7-8-25(20)34-14-16-5-6-18-3-1-2-4-19(18)9-16/h1-11,13,24H,12,14-15,30-31H2,(H,32,33)/t24-/m0/s1. The summed E-state index contributed by atoms with van der Waals surface area (Å²) in [6, 6.07) is 21.8. The van der Waals surface area contributed by atoms with Crippen molar-refractivity contribution in [2.45, 2.75) is 25.7 Å². The number of benzene rings is 4. The normalized spacial score (nSPS) is 11.9. The first kappa shape index (κ1) is 24.7. The summed E-state index contributed by atoms with van der Waals surface area (Å²) in [7, 11) is 0. The van der Waals surface area contributed by atoms with Crippen LogP contribution in [0, 0.1) is 0 Å². The van der Waals surface area contributed by atoms with Crippen LogP contribution in [0.4, 0.5) is 5.69 Å². The maximum atomic E-state index is 11.0. The Hall–Kier alpha value is -3.45. The van der Waals surface area contributed by atoms with Crippen LogP contribution in [0.15, 0.2) is 72.8 Å². The first-order valence-corrected chi connectivity index (χ1v) is 11.6. The van der Waals surface area contributed by atoms with Crippen LogP contribution in [-0.2, 0) is 24.4 Å². The molecule has 0 aliphatic carbocycles. The maximum absolute atomic E-state index is 11.0. The van der Waals surface area contributed by atoms with Gasteiger partial charge in [-0.15, -0.1) is 0 Å². The number of hydrogen-bond acceptors (Lipinski definition) is 5. The highest BCUT2D eigenvalue weighted by atomic mass is 35.5. The molecule has 4 rings (SSSR count). The van der Waals surface area contributed by atoms with E-state index in [0.29, 0.717) is 23.6 Å². The highest BCUT2D eigenvalue weighted by molar-refractivity contribution is 6.37. The topological polar surface area (TPSA) is 108 Å². The second-order valence-corrected chi connectivity index (χ2v) is 8.98. The van der Waals surface area contributed by atoms with Crippen LogP contribution in [0.5, 0.6) is 11.5 Å². The first-order chi connectivity index (χ1) is 16.8. The zero-order valence-electron chi connectivity index (χ0n) is 18.7. The van der Waals surface area contributed by atoms with Gasteiger partial charge >= 0.3 is 5.97 Å². The van der Waals surface area contributed by atoms with Gasteiger partial charge in [0.05, 0.1) is 10.0 Å². The zero-order valence-corrected chi connectivity index (χ0v) is 20.2. The Bertz CT molecular complexity index is 1350. The number of nitrogens with two attached hydrogens (primary N) is 2. The predicted octanol–water partition coefficient (Wildman–Crippen LogP) is 5.84. The van der Waals surface area contributed by atoms with Gasteiger partial charge in [0.15, 0.2) is 5.75 Å². The van der Waals surface area contributed by atoms with Crippen molar-refractivity contribution in [3.05, 3.63) is 99.5 Å². The van der Waals surface area contributed by atoms with E-state index in [9.17, 15) is 4.79 Å². The molecule has 0 heterocycles. The van der Waals surface area contributed by atoms with Crippen LogP contribution in [-0.4, -0.2) is 17.1 Å². The molecule has 5 N–H and O–H groups in total. The van der Waals surface area contributed by atoms with Gasteiger partial charge in [-0.25, -0.2) is 0 Å². The van der Waals surface area contributed by atoms with E-state index in [0.717, 1.165) is 16.5 Å². The molecule has 0 saturated heterocycles. The summed E-state index contributed by atoms with van der Waals surface area (Å²) in [6.45, 7) is 0.493. The number of aliphatic carboxylic acids is 1. The Balaban J connectivity index is 1.48. The fourth-order valence-electron chi connectivity index (χ4n) is 3.70. The van der Waals surface area contributed by atoms with E-state index in [1.807, 2.05) is 18.2 Å². The number of carboxylic acid groups (broad SMARTS) is 1. The molecule has 8 heteroatoms. The number of fused-ring (bicyclic) bond motifs is 1. The molecule has 0 spiro atoms. The average molecular weight is 511 g/mol. The van der Waals surface area contributed by atoms with Crippen LogP contribution in [0.3, 0.4) is 0 Å². The number of carboxylic acids is 1. The minimum Gasteiger partial charge on any atom is -0.488 e. The molecule has 0 unspecified atom stereocenters. The van der Waals surface area contributed by atoms with E-state index in [1.54, 1.807) is 30.3 Å².